The van der Waals surface area contributed by atoms with Crippen LogP contribution in [-0.4, -0.2) is 34.4 Å². The molecule has 1 aromatic carbocycles. The number of aliphatic hydroxyl groups is 1. The van der Waals surface area contributed by atoms with E-state index in [9.17, 15) is 14.7 Å². The van der Waals surface area contributed by atoms with E-state index < -0.39 is 23.1 Å². The van der Waals surface area contributed by atoms with Crippen molar-refractivity contribution in [2.45, 2.75) is 38.9 Å². The number of carbonyl (C=O) groups excluding carboxylic acids is 1. The van der Waals surface area contributed by atoms with Gasteiger partial charge in [0.2, 0.25) is 0 Å². The standard InChI is InChI=1S/C15H20O6/c1-14(2,3)21-12(16)9-20-11-7-5-10(6-8-11)15(4,19)13(17)18/h5-8,19H,9H2,1-4H3,(H,17,18). The fraction of sp³-hybridized carbons (Fsp3) is 0.467. The third-order valence-electron chi connectivity index (χ3n) is 2.61. The third kappa shape index (κ3) is 5.07. The van der Waals surface area contributed by atoms with Gasteiger partial charge < -0.3 is 19.7 Å². The lowest BCUT2D eigenvalue weighted by Gasteiger charge is -2.20. The van der Waals surface area contributed by atoms with E-state index in [0.717, 1.165) is 0 Å². The van der Waals surface area contributed by atoms with Crippen LogP contribution in [0.4, 0.5) is 0 Å². The first-order chi connectivity index (χ1) is 9.52. The normalized spacial score (nSPS) is 14.1. The van der Waals surface area contributed by atoms with Crippen LogP contribution in [0, 0.1) is 0 Å². The first kappa shape index (κ1) is 17.0. The second-order valence-electron chi connectivity index (χ2n) is 5.78. The van der Waals surface area contributed by atoms with Crippen LogP contribution in [-0.2, 0) is 19.9 Å². The first-order valence-electron chi connectivity index (χ1n) is 6.43. The number of benzene rings is 1. The molecule has 1 atom stereocenters. The minimum Gasteiger partial charge on any atom is -0.482 e. The average molecular weight is 296 g/mol. The highest BCUT2D eigenvalue weighted by atomic mass is 16.6. The quantitative estimate of drug-likeness (QED) is 0.803. The topological polar surface area (TPSA) is 93.1 Å². The second-order valence-corrected chi connectivity index (χ2v) is 5.78. The molecule has 21 heavy (non-hydrogen) atoms. The maximum absolute atomic E-state index is 11.5. The Morgan fingerprint density at radius 3 is 2.05 bits per heavy atom. The Balaban J connectivity index is 2.64. The predicted molar refractivity (Wildman–Crippen MR) is 75.0 cm³/mol. The zero-order chi connectivity index (χ0) is 16.3. The molecule has 116 valence electrons. The van der Waals surface area contributed by atoms with Crippen molar-refractivity contribution in [2.24, 2.45) is 0 Å². The smallest absolute Gasteiger partial charge is 0.344 e. The van der Waals surface area contributed by atoms with E-state index in [-0.39, 0.29) is 12.2 Å². The van der Waals surface area contributed by atoms with Crippen molar-refractivity contribution in [3.8, 4) is 5.75 Å². The number of carbonyl (C=O) groups is 2. The molecule has 0 aliphatic carbocycles. The van der Waals surface area contributed by atoms with Crippen LogP contribution in [0.1, 0.15) is 33.3 Å². The Hall–Kier alpha value is -2.08. The Kier molecular flexibility index (Phi) is 4.96. The van der Waals surface area contributed by atoms with Crippen molar-refractivity contribution in [2.75, 3.05) is 6.61 Å². The van der Waals surface area contributed by atoms with E-state index >= 15 is 0 Å². The van der Waals surface area contributed by atoms with Crippen molar-refractivity contribution in [1.29, 1.82) is 0 Å². The number of aliphatic carboxylic acids is 1. The van der Waals surface area contributed by atoms with Gasteiger partial charge in [0.25, 0.3) is 0 Å². The summed E-state index contributed by atoms with van der Waals surface area (Å²) in [7, 11) is 0. The molecule has 0 bridgehead atoms. The molecule has 0 radical (unpaired) electrons. The van der Waals surface area contributed by atoms with E-state index in [0.29, 0.717) is 5.75 Å². The molecule has 1 unspecified atom stereocenters. The van der Waals surface area contributed by atoms with E-state index in [1.54, 1.807) is 20.8 Å². The summed E-state index contributed by atoms with van der Waals surface area (Å²) in [4.78, 5) is 22.4. The summed E-state index contributed by atoms with van der Waals surface area (Å²) in [5.41, 5.74) is -2.33. The van der Waals surface area contributed by atoms with Gasteiger partial charge in [0.05, 0.1) is 0 Å². The zero-order valence-electron chi connectivity index (χ0n) is 12.5. The summed E-state index contributed by atoms with van der Waals surface area (Å²) < 4.78 is 10.3. The van der Waals surface area contributed by atoms with Crippen molar-refractivity contribution in [1.82, 2.24) is 0 Å². The van der Waals surface area contributed by atoms with E-state index in [1.807, 2.05) is 0 Å². The molecule has 1 aromatic rings. The van der Waals surface area contributed by atoms with Gasteiger partial charge in [-0.05, 0) is 45.4 Å². The first-order valence-corrected chi connectivity index (χ1v) is 6.43. The maximum atomic E-state index is 11.5. The van der Waals surface area contributed by atoms with Crippen molar-refractivity contribution < 1.29 is 29.3 Å². The highest BCUT2D eigenvalue weighted by Gasteiger charge is 2.32. The van der Waals surface area contributed by atoms with Gasteiger partial charge in [-0.1, -0.05) is 12.1 Å². The van der Waals surface area contributed by atoms with Gasteiger partial charge in [-0.15, -0.1) is 0 Å². The molecule has 0 aliphatic rings. The number of hydrogen-bond donors (Lipinski definition) is 2. The number of rotatable bonds is 5. The average Bonchev–Trinajstić information content (AvgIpc) is 2.34. The largest absolute Gasteiger partial charge is 0.482 e. The van der Waals surface area contributed by atoms with Crippen LogP contribution in [0.15, 0.2) is 24.3 Å². The van der Waals surface area contributed by atoms with Gasteiger partial charge in [-0.3, -0.25) is 0 Å². The number of ether oxygens (including phenoxy) is 2. The van der Waals surface area contributed by atoms with E-state index in [4.69, 9.17) is 14.6 Å². The summed E-state index contributed by atoms with van der Waals surface area (Å²) in [6.45, 7) is 6.22. The zero-order valence-corrected chi connectivity index (χ0v) is 12.5. The molecule has 6 nitrogen and oxygen atoms in total. The van der Waals surface area contributed by atoms with Gasteiger partial charge in [0.15, 0.2) is 12.2 Å². The summed E-state index contributed by atoms with van der Waals surface area (Å²) in [5, 5.41) is 18.7. The van der Waals surface area contributed by atoms with E-state index in [2.05, 4.69) is 0 Å². The lowest BCUT2D eigenvalue weighted by molar-refractivity contribution is -0.158. The van der Waals surface area contributed by atoms with Crippen LogP contribution in [0.5, 0.6) is 5.75 Å². The third-order valence-corrected chi connectivity index (χ3v) is 2.61. The Labute approximate surface area is 123 Å². The second kappa shape index (κ2) is 6.13. The van der Waals surface area contributed by atoms with Crippen LogP contribution in [0.25, 0.3) is 0 Å². The number of hydrogen-bond acceptors (Lipinski definition) is 5. The van der Waals surface area contributed by atoms with Crippen LogP contribution in [0.2, 0.25) is 0 Å². The van der Waals surface area contributed by atoms with Gasteiger partial charge in [0, 0.05) is 0 Å². The Bertz CT molecular complexity index is 510. The molecule has 0 aliphatic heterocycles. The Morgan fingerprint density at radius 2 is 1.62 bits per heavy atom. The molecule has 0 heterocycles. The molecule has 0 saturated heterocycles. The van der Waals surface area contributed by atoms with Crippen molar-refractivity contribution in [3.05, 3.63) is 29.8 Å². The molecule has 2 N–H and O–H groups in total. The fourth-order valence-corrected chi connectivity index (χ4v) is 1.51. The number of carboxylic acids is 1. The van der Waals surface area contributed by atoms with Gasteiger partial charge in [0.1, 0.15) is 11.4 Å². The molecule has 0 fully saturated rings. The molecular weight excluding hydrogens is 276 g/mol. The molecule has 0 spiro atoms. The lowest BCUT2D eigenvalue weighted by Crippen LogP contribution is -2.31. The highest BCUT2D eigenvalue weighted by molar-refractivity contribution is 5.78. The summed E-state index contributed by atoms with van der Waals surface area (Å²) in [6, 6.07) is 5.82. The van der Waals surface area contributed by atoms with Gasteiger partial charge >= 0.3 is 11.9 Å². The van der Waals surface area contributed by atoms with Crippen molar-refractivity contribution >= 4 is 11.9 Å². The van der Waals surface area contributed by atoms with Gasteiger partial charge in [-0.25, -0.2) is 9.59 Å². The maximum Gasteiger partial charge on any atom is 0.344 e. The summed E-state index contributed by atoms with van der Waals surface area (Å²) >= 11 is 0. The molecule has 0 aromatic heterocycles. The summed E-state index contributed by atoms with van der Waals surface area (Å²) in [5.74, 6) is -1.46. The molecule has 0 saturated carbocycles. The monoisotopic (exact) mass is 296 g/mol. The van der Waals surface area contributed by atoms with E-state index in [1.165, 1.54) is 31.2 Å². The van der Waals surface area contributed by atoms with Gasteiger partial charge in [-0.2, -0.15) is 0 Å². The minimum atomic E-state index is -1.97. The minimum absolute atomic E-state index is 0.222. The lowest BCUT2D eigenvalue weighted by atomic mass is 9.96. The van der Waals surface area contributed by atoms with Crippen LogP contribution >= 0.6 is 0 Å². The molecule has 6 heteroatoms. The van der Waals surface area contributed by atoms with Crippen LogP contribution < -0.4 is 4.74 Å². The highest BCUT2D eigenvalue weighted by Crippen LogP contribution is 2.23. The predicted octanol–water partition coefficient (Wildman–Crippen LogP) is 1.70. The molecule has 1 rings (SSSR count). The number of esters is 1. The SMILES string of the molecule is CC(C)(C)OC(=O)COc1ccc(C(C)(O)C(=O)O)cc1. The van der Waals surface area contributed by atoms with Crippen LogP contribution in [0.3, 0.4) is 0 Å². The molecular formula is C15H20O6. The molecule has 0 amide bonds. The summed E-state index contributed by atoms with van der Waals surface area (Å²) in [6.07, 6.45) is 0. The fourth-order valence-electron chi connectivity index (χ4n) is 1.51. The van der Waals surface area contributed by atoms with Crippen molar-refractivity contribution in [3.63, 3.8) is 0 Å². The number of carboxylic acid groups (broad SMARTS) is 1. The Morgan fingerprint density at radius 1 is 1.10 bits per heavy atom.